The topological polar surface area (TPSA) is 113 Å². The number of nitro benzene ring substituents is 1. The van der Waals surface area contributed by atoms with Gasteiger partial charge in [0.2, 0.25) is 0 Å². The number of hydrogen-bond donors (Lipinski definition) is 0. The largest absolute Gasteiger partial charge is 0.462 e. The van der Waals surface area contributed by atoms with Crippen molar-refractivity contribution in [3.05, 3.63) is 74.6 Å². The highest BCUT2D eigenvalue weighted by Gasteiger charge is 2.12. The Kier molecular flexibility index (Phi) is 8.22. The molecule has 0 aliphatic rings. The van der Waals surface area contributed by atoms with Gasteiger partial charge in [0.05, 0.1) is 33.9 Å². The standard InChI is InChI=1S/C23H23N3O6S/c1-3-31-14-13-25-19-11-8-17(22(28)32-4-2)15-20(19)33-23(25)24-21(27)12-7-16-5-9-18(10-6-16)26(29)30/h5-12,15H,3-4,13-14H2,1-2H3. The van der Waals surface area contributed by atoms with Crippen molar-refractivity contribution in [2.45, 2.75) is 20.4 Å². The van der Waals surface area contributed by atoms with Gasteiger partial charge < -0.3 is 14.0 Å². The van der Waals surface area contributed by atoms with Crippen molar-refractivity contribution in [3.63, 3.8) is 0 Å². The second-order valence-electron chi connectivity index (χ2n) is 6.77. The van der Waals surface area contributed by atoms with Gasteiger partial charge in [-0.25, -0.2) is 4.79 Å². The number of amides is 1. The lowest BCUT2D eigenvalue weighted by atomic mass is 10.2. The number of carbonyl (C=O) groups is 2. The number of nitrogens with zero attached hydrogens (tertiary/aromatic N) is 3. The van der Waals surface area contributed by atoms with Gasteiger partial charge in [-0.3, -0.25) is 14.9 Å². The Morgan fingerprint density at radius 2 is 1.91 bits per heavy atom. The fourth-order valence-electron chi connectivity index (χ4n) is 3.02. The smallest absolute Gasteiger partial charge is 0.338 e. The highest BCUT2D eigenvalue weighted by Crippen LogP contribution is 2.20. The van der Waals surface area contributed by atoms with Gasteiger partial charge in [-0.1, -0.05) is 11.3 Å². The molecule has 0 spiro atoms. The van der Waals surface area contributed by atoms with E-state index >= 15 is 0 Å². The third kappa shape index (κ3) is 6.21. The highest BCUT2D eigenvalue weighted by atomic mass is 32.1. The molecule has 1 heterocycles. The van der Waals surface area contributed by atoms with Crippen molar-refractivity contribution in [3.8, 4) is 0 Å². The summed E-state index contributed by atoms with van der Waals surface area (Å²) in [7, 11) is 0. The second kappa shape index (κ2) is 11.3. The van der Waals surface area contributed by atoms with Crippen LogP contribution < -0.4 is 4.80 Å². The molecular weight excluding hydrogens is 446 g/mol. The molecule has 0 saturated heterocycles. The molecule has 0 bridgehead atoms. The third-order valence-corrected chi connectivity index (χ3v) is 5.63. The SMILES string of the molecule is CCOCCn1c(=NC(=O)C=Cc2ccc([N+](=O)[O-])cc2)sc2cc(C(=O)OCC)ccc21. The van der Waals surface area contributed by atoms with Crippen LogP contribution in [0.5, 0.6) is 0 Å². The van der Waals surface area contributed by atoms with Crippen molar-refractivity contribution in [2.24, 2.45) is 4.99 Å². The van der Waals surface area contributed by atoms with E-state index in [0.717, 1.165) is 10.2 Å². The van der Waals surface area contributed by atoms with Gasteiger partial charge in [0.25, 0.3) is 11.6 Å². The molecule has 0 radical (unpaired) electrons. The minimum absolute atomic E-state index is 0.0223. The fourth-order valence-corrected chi connectivity index (χ4v) is 4.12. The summed E-state index contributed by atoms with van der Waals surface area (Å²) in [6, 6.07) is 11.1. The van der Waals surface area contributed by atoms with Crippen molar-refractivity contribution < 1.29 is 24.0 Å². The van der Waals surface area contributed by atoms with Crippen molar-refractivity contribution in [1.82, 2.24) is 4.57 Å². The van der Waals surface area contributed by atoms with E-state index in [4.69, 9.17) is 9.47 Å². The number of non-ortho nitro benzene ring substituents is 1. The third-order valence-electron chi connectivity index (χ3n) is 4.59. The Bertz CT molecular complexity index is 1260. The van der Waals surface area contributed by atoms with Gasteiger partial charge in [0.15, 0.2) is 4.80 Å². The summed E-state index contributed by atoms with van der Waals surface area (Å²) < 4.78 is 13.2. The van der Waals surface area contributed by atoms with Crippen molar-refractivity contribution in [1.29, 1.82) is 0 Å². The van der Waals surface area contributed by atoms with Gasteiger partial charge >= 0.3 is 5.97 Å². The van der Waals surface area contributed by atoms with E-state index in [1.54, 1.807) is 43.3 Å². The Morgan fingerprint density at radius 1 is 1.15 bits per heavy atom. The maximum absolute atomic E-state index is 12.5. The Balaban J connectivity index is 1.92. The van der Waals surface area contributed by atoms with E-state index in [1.807, 2.05) is 11.5 Å². The van der Waals surface area contributed by atoms with Gasteiger partial charge in [-0.15, -0.1) is 0 Å². The number of hydrogen-bond acceptors (Lipinski definition) is 7. The van der Waals surface area contributed by atoms with Gasteiger partial charge in [0, 0.05) is 31.4 Å². The van der Waals surface area contributed by atoms with Crippen LogP contribution in [0.2, 0.25) is 0 Å². The summed E-state index contributed by atoms with van der Waals surface area (Å²) in [5, 5.41) is 10.8. The van der Waals surface area contributed by atoms with Gasteiger partial charge in [-0.05, 0) is 55.8 Å². The first-order chi connectivity index (χ1) is 15.9. The van der Waals surface area contributed by atoms with Crippen LogP contribution in [0, 0.1) is 10.1 Å². The molecule has 0 aliphatic heterocycles. The zero-order valence-electron chi connectivity index (χ0n) is 18.2. The molecule has 172 valence electrons. The molecular formula is C23H23N3O6S. The molecule has 0 unspecified atom stereocenters. The molecule has 3 aromatic rings. The fraction of sp³-hybridized carbons (Fsp3) is 0.261. The van der Waals surface area contributed by atoms with Crippen molar-refractivity contribution in [2.75, 3.05) is 19.8 Å². The zero-order chi connectivity index (χ0) is 23.8. The van der Waals surface area contributed by atoms with E-state index in [0.29, 0.717) is 35.7 Å². The Hall–Kier alpha value is -3.63. The first-order valence-electron chi connectivity index (χ1n) is 10.3. The second-order valence-corrected chi connectivity index (χ2v) is 7.78. The van der Waals surface area contributed by atoms with Crippen LogP contribution in [-0.4, -0.2) is 41.2 Å². The molecule has 0 aliphatic carbocycles. The van der Waals surface area contributed by atoms with Crippen LogP contribution in [0.25, 0.3) is 16.3 Å². The molecule has 2 aromatic carbocycles. The number of rotatable bonds is 9. The van der Waals surface area contributed by atoms with Crippen LogP contribution in [0.4, 0.5) is 5.69 Å². The Morgan fingerprint density at radius 3 is 2.58 bits per heavy atom. The van der Waals surface area contributed by atoms with Crippen LogP contribution in [0.1, 0.15) is 29.8 Å². The molecule has 0 atom stereocenters. The molecule has 1 amide bonds. The van der Waals surface area contributed by atoms with E-state index in [2.05, 4.69) is 4.99 Å². The summed E-state index contributed by atoms with van der Waals surface area (Å²) in [4.78, 5) is 39.6. The number of benzene rings is 2. The number of ether oxygens (including phenoxy) is 2. The molecule has 3 rings (SSSR count). The highest BCUT2D eigenvalue weighted by molar-refractivity contribution is 7.16. The lowest BCUT2D eigenvalue weighted by molar-refractivity contribution is -0.384. The molecule has 33 heavy (non-hydrogen) atoms. The molecule has 10 heteroatoms. The summed E-state index contributed by atoms with van der Waals surface area (Å²) in [5.41, 5.74) is 1.88. The van der Waals surface area contributed by atoms with Gasteiger partial charge in [-0.2, -0.15) is 4.99 Å². The summed E-state index contributed by atoms with van der Waals surface area (Å²) in [5.74, 6) is -0.884. The molecule has 0 saturated carbocycles. The quantitative estimate of drug-likeness (QED) is 0.154. The Labute approximate surface area is 193 Å². The number of thiazole rings is 1. The normalized spacial score (nSPS) is 11.9. The number of nitro groups is 1. The minimum Gasteiger partial charge on any atom is -0.462 e. The van der Waals surface area contributed by atoms with Crippen LogP contribution in [0.3, 0.4) is 0 Å². The minimum atomic E-state index is -0.482. The van der Waals surface area contributed by atoms with Crippen LogP contribution in [-0.2, 0) is 20.8 Å². The lowest BCUT2D eigenvalue weighted by Crippen LogP contribution is -2.19. The molecule has 9 nitrogen and oxygen atoms in total. The van der Waals surface area contributed by atoms with E-state index in [1.165, 1.54) is 29.5 Å². The number of aromatic nitrogens is 1. The summed E-state index contributed by atoms with van der Waals surface area (Å²) in [6.07, 6.45) is 2.86. The summed E-state index contributed by atoms with van der Waals surface area (Å²) in [6.45, 7) is 5.44. The van der Waals surface area contributed by atoms with Crippen LogP contribution >= 0.6 is 11.3 Å². The average Bonchev–Trinajstić information content (AvgIpc) is 3.14. The van der Waals surface area contributed by atoms with Gasteiger partial charge in [0.1, 0.15) is 0 Å². The monoisotopic (exact) mass is 469 g/mol. The number of fused-ring (bicyclic) bond motifs is 1. The van der Waals surface area contributed by atoms with Crippen LogP contribution in [0.15, 0.2) is 53.5 Å². The lowest BCUT2D eigenvalue weighted by Gasteiger charge is -2.06. The number of carbonyl (C=O) groups excluding carboxylic acids is 2. The molecule has 0 fully saturated rings. The van der Waals surface area contributed by atoms with E-state index < -0.39 is 16.8 Å². The molecule has 1 aromatic heterocycles. The van der Waals surface area contributed by atoms with E-state index in [9.17, 15) is 19.7 Å². The van der Waals surface area contributed by atoms with Crippen molar-refractivity contribution >= 4 is 45.2 Å². The van der Waals surface area contributed by atoms with E-state index in [-0.39, 0.29) is 12.3 Å². The number of esters is 1. The predicted octanol–water partition coefficient (Wildman–Crippen LogP) is 3.96. The first kappa shape index (κ1) is 24.0. The molecule has 0 N–H and O–H groups in total. The zero-order valence-corrected chi connectivity index (χ0v) is 19.0. The predicted molar refractivity (Wildman–Crippen MR) is 125 cm³/mol. The maximum Gasteiger partial charge on any atom is 0.338 e. The average molecular weight is 470 g/mol. The first-order valence-corrected chi connectivity index (χ1v) is 11.1. The summed E-state index contributed by atoms with van der Waals surface area (Å²) >= 11 is 1.29. The maximum atomic E-state index is 12.5.